The van der Waals surface area contributed by atoms with Gasteiger partial charge in [-0.25, -0.2) is 4.98 Å². The largest absolute Gasteiger partial charge is 0.349 e. The van der Waals surface area contributed by atoms with Crippen molar-refractivity contribution in [3.8, 4) is 0 Å². The number of anilines is 1. The van der Waals surface area contributed by atoms with E-state index in [1.807, 2.05) is 12.1 Å². The van der Waals surface area contributed by atoms with Crippen LogP contribution in [0, 0.1) is 0 Å². The first kappa shape index (κ1) is 15.1. The zero-order valence-corrected chi connectivity index (χ0v) is 14.0. The molecule has 3 heterocycles. The molecule has 0 radical (unpaired) electrons. The zero-order valence-electron chi connectivity index (χ0n) is 13.2. The lowest BCUT2D eigenvalue weighted by Crippen LogP contribution is -2.44. The van der Waals surface area contributed by atoms with Gasteiger partial charge in [-0.3, -0.25) is 9.78 Å². The van der Waals surface area contributed by atoms with Gasteiger partial charge in [-0.1, -0.05) is 23.5 Å². The first-order valence-corrected chi connectivity index (χ1v) is 8.93. The molecule has 0 aliphatic carbocycles. The molecule has 1 aliphatic heterocycles. The van der Waals surface area contributed by atoms with Crippen molar-refractivity contribution in [1.82, 2.24) is 15.3 Å². The summed E-state index contributed by atoms with van der Waals surface area (Å²) in [6.07, 6.45) is 5.16. The SMILES string of the molecule is O=C(NC1CCN(c2nc3ccccc3s2)CC1)c1ccncc1. The number of hydrogen-bond donors (Lipinski definition) is 1. The number of para-hydroxylation sites is 1. The standard InChI is InChI=1S/C18H18N4OS/c23-17(13-5-9-19-10-6-13)20-14-7-11-22(12-8-14)18-21-15-3-1-2-4-16(15)24-18/h1-6,9-10,14H,7-8,11-12H2,(H,20,23). The third-order valence-electron chi connectivity index (χ3n) is 4.33. The van der Waals surface area contributed by atoms with Gasteiger partial charge in [0.05, 0.1) is 10.2 Å². The van der Waals surface area contributed by atoms with Crippen molar-refractivity contribution in [3.05, 3.63) is 54.4 Å². The van der Waals surface area contributed by atoms with Crippen molar-refractivity contribution in [1.29, 1.82) is 0 Å². The number of hydrogen-bond acceptors (Lipinski definition) is 5. The van der Waals surface area contributed by atoms with E-state index in [4.69, 9.17) is 4.98 Å². The lowest BCUT2D eigenvalue weighted by molar-refractivity contribution is 0.0931. The van der Waals surface area contributed by atoms with Crippen LogP contribution in [0.4, 0.5) is 5.13 Å². The van der Waals surface area contributed by atoms with Crippen molar-refractivity contribution < 1.29 is 4.79 Å². The van der Waals surface area contributed by atoms with Crippen LogP contribution < -0.4 is 10.2 Å². The van der Waals surface area contributed by atoms with Crippen LogP contribution >= 0.6 is 11.3 Å². The van der Waals surface area contributed by atoms with Gasteiger partial charge in [0.2, 0.25) is 0 Å². The molecule has 4 rings (SSSR count). The minimum atomic E-state index is -0.0177. The summed E-state index contributed by atoms with van der Waals surface area (Å²) >= 11 is 1.74. The van der Waals surface area contributed by atoms with E-state index in [0.717, 1.165) is 36.6 Å². The van der Waals surface area contributed by atoms with E-state index >= 15 is 0 Å². The van der Waals surface area contributed by atoms with Crippen molar-refractivity contribution in [3.63, 3.8) is 0 Å². The Morgan fingerprint density at radius 1 is 1.12 bits per heavy atom. The van der Waals surface area contributed by atoms with Crippen molar-refractivity contribution >= 4 is 32.6 Å². The summed E-state index contributed by atoms with van der Waals surface area (Å²) in [5.41, 5.74) is 1.73. The van der Waals surface area contributed by atoms with E-state index in [0.29, 0.717) is 5.56 Å². The minimum Gasteiger partial charge on any atom is -0.349 e. The Morgan fingerprint density at radius 3 is 2.62 bits per heavy atom. The van der Waals surface area contributed by atoms with Crippen LogP contribution in [-0.2, 0) is 0 Å². The topological polar surface area (TPSA) is 58.1 Å². The van der Waals surface area contributed by atoms with Gasteiger partial charge in [-0.15, -0.1) is 0 Å². The third kappa shape index (κ3) is 3.10. The first-order valence-electron chi connectivity index (χ1n) is 8.11. The number of amides is 1. The highest BCUT2D eigenvalue weighted by Crippen LogP contribution is 2.30. The Labute approximate surface area is 144 Å². The number of nitrogens with zero attached hydrogens (tertiary/aromatic N) is 3. The van der Waals surface area contributed by atoms with Gasteiger partial charge in [-0.05, 0) is 37.1 Å². The summed E-state index contributed by atoms with van der Waals surface area (Å²) in [6, 6.07) is 11.9. The van der Waals surface area contributed by atoms with Crippen molar-refractivity contribution in [2.24, 2.45) is 0 Å². The number of fused-ring (bicyclic) bond motifs is 1. The number of benzene rings is 1. The highest BCUT2D eigenvalue weighted by molar-refractivity contribution is 7.22. The molecule has 1 fully saturated rings. The lowest BCUT2D eigenvalue weighted by Gasteiger charge is -2.32. The average Bonchev–Trinajstić information content (AvgIpc) is 3.07. The molecule has 122 valence electrons. The molecular formula is C18H18N4OS. The Balaban J connectivity index is 1.37. The van der Waals surface area contributed by atoms with E-state index < -0.39 is 0 Å². The minimum absolute atomic E-state index is 0.0177. The molecule has 24 heavy (non-hydrogen) atoms. The van der Waals surface area contributed by atoms with Crippen LogP contribution in [0.2, 0.25) is 0 Å². The van der Waals surface area contributed by atoms with E-state index in [-0.39, 0.29) is 11.9 Å². The average molecular weight is 338 g/mol. The second-order valence-corrected chi connectivity index (χ2v) is 6.94. The Kier molecular flexibility index (Phi) is 4.13. The summed E-state index contributed by atoms with van der Waals surface area (Å²) in [5, 5.41) is 4.20. The third-order valence-corrected chi connectivity index (χ3v) is 5.42. The van der Waals surface area contributed by atoms with E-state index in [1.54, 1.807) is 35.9 Å². The predicted octanol–water partition coefficient (Wildman–Crippen LogP) is 3.09. The van der Waals surface area contributed by atoms with Gasteiger partial charge in [0.1, 0.15) is 0 Å². The molecule has 6 heteroatoms. The molecule has 1 amide bonds. The number of rotatable bonds is 3. The summed E-state index contributed by atoms with van der Waals surface area (Å²) < 4.78 is 1.22. The molecule has 1 aromatic carbocycles. The second kappa shape index (κ2) is 6.57. The normalized spacial score (nSPS) is 15.6. The Hall–Kier alpha value is -2.47. The lowest BCUT2D eigenvalue weighted by atomic mass is 10.0. The highest BCUT2D eigenvalue weighted by Gasteiger charge is 2.23. The van der Waals surface area contributed by atoms with Crippen LogP contribution in [0.25, 0.3) is 10.2 Å². The van der Waals surface area contributed by atoms with Crippen LogP contribution in [0.5, 0.6) is 0 Å². The molecule has 0 spiro atoms. The molecule has 3 aromatic rings. The summed E-state index contributed by atoms with van der Waals surface area (Å²) in [4.78, 5) is 23.2. The fourth-order valence-corrected chi connectivity index (χ4v) is 4.00. The highest BCUT2D eigenvalue weighted by atomic mass is 32.1. The van der Waals surface area contributed by atoms with Gasteiger partial charge in [0, 0.05) is 37.1 Å². The number of pyridine rings is 1. The molecule has 1 N–H and O–H groups in total. The molecule has 0 saturated carbocycles. The van der Waals surface area contributed by atoms with E-state index in [1.165, 1.54) is 4.70 Å². The number of aromatic nitrogens is 2. The first-order chi connectivity index (χ1) is 11.8. The molecule has 0 unspecified atom stereocenters. The summed E-state index contributed by atoms with van der Waals surface area (Å²) in [5.74, 6) is -0.0177. The van der Waals surface area contributed by atoms with Crippen LogP contribution in [0.1, 0.15) is 23.2 Å². The molecule has 5 nitrogen and oxygen atoms in total. The van der Waals surface area contributed by atoms with Gasteiger partial charge in [0.15, 0.2) is 5.13 Å². The fourth-order valence-electron chi connectivity index (χ4n) is 2.98. The smallest absolute Gasteiger partial charge is 0.251 e. The van der Waals surface area contributed by atoms with Gasteiger partial charge < -0.3 is 10.2 Å². The number of thiazole rings is 1. The maximum absolute atomic E-state index is 12.2. The monoisotopic (exact) mass is 338 g/mol. The van der Waals surface area contributed by atoms with Gasteiger partial charge in [-0.2, -0.15) is 0 Å². The summed E-state index contributed by atoms with van der Waals surface area (Å²) in [6.45, 7) is 1.84. The Bertz CT molecular complexity index is 807. The molecule has 2 aromatic heterocycles. The molecule has 1 aliphatic rings. The zero-order chi connectivity index (χ0) is 16.4. The second-order valence-electron chi connectivity index (χ2n) is 5.93. The van der Waals surface area contributed by atoms with E-state index in [2.05, 4.69) is 27.3 Å². The molecule has 1 saturated heterocycles. The maximum Gasteiger partial charge on any atom is 0.251 e. The molecular weight excluding hydrogens is 320 g/mol. The van der Waals surface area contributed by atoms with Crippen LogP contribution in [0.15, 0.2) is 48.8 Å². The fraction of sp³-hybridized carbons (Fsp3) is 0.278. The van der Waals surface area contributed by atoms with Crippen LogP contribution in [0.3, 0.4) is 0 Å². The molecule has 0 bridgehead atoms. The predicted molar refractivity (Wildman–Crippen MR) is 96.6 cm³/mol. The van der Waals surface area contributed by atoms with Gasteiger partial charge in [0.25, 0.3) is 5.91 Å². The maximum atomic E-state index is 12.2. The van der Waals surface area contributed by atoms with Crippen molar-refractivity contribution in [2.45, 2.75) is 18.9 Å². The van der Waals surface area contributed by atoms with Crippen molar-refractivity contribution in [2.75, 3.05) is 18.0 Å². The number of piperidine rings is 1. The number of nitrogens with one attached hydrogen (secondary N) is 1. The number of carbonyl (C=O) groups excluding carboxylic acids is 1. The van der Waals surface area contributed by atoms with E-state index in [9.17, 15) is 4.79 Å². The van der Waals surface area contributed by atoms with Crippen LogP contribution in [-0.4, -0.2) is 35.0 Å². The Morgan fingerprint density at radius 2 is 1.88 bits per heavy atom. The molecule has 0 atom stereocenters. The van der Waals surface area contributed by atoms with Gasteiger partial charge >= 0.3 is 0 Å². The quantitative estimate of drug-likeness (QED) is 0.797. The summed E-state index contributed by atoms with van der Waals surface area (Å²) in [7, 11) is 0. The number of carbonyl (C=O) groups is 1.